The summed E-state index contributed by atoms with van der Waals surface area (Å²) in [6.07, 6.45) is 0. The molecule has 2 atom stereocenters. The standard InChI is InChI=1S/C12H20N4O3/c1-4-13-11-6-5-10(16(18)19)12(15-11)14-9(3)8(2)7-17/h5-6,8-9,17H,4,7H2,1-3H3,(H2,13,14,15). The van der Waals surface area contributed by atoms with Crippen molar-refractivity contribution in [1.29, 1.82) is 0 Å². The molecule has 1 aromatic rings. The van der Waals surface area contributed by atoms with Gasteiger partial charge in [0.1, 0.15) is 5.82 Å². The first-order chi connectivity index (χ1) is 8.99. The van der Waals surface area contributed by atoms with E-state index in [0.29, 0.717) is 12.4 Å². The maximum atomic E-state index is 11.0. The van der Waals surface area contributed by atoms with Crippen molar-refractivity contribution in [3.05, 3.63) is 22.2 Å². The molecule has 7 heteroatoms. The normalized spacial score (nSPS) is 13.7. The third-order valence-electron chi connectivity index (χ3n) is 2.93. The summed E-state index contributed by atoms with van der Waals surface area (Å²) in [5.41, 5.74) is -0.0707. The first kappa shape index (κ1) is 15.2. The number of aliphatic hydroxyl groups excluding tert-OH is 1. The molecule has 19 heavy (non-hydrogen) atoms. The Morgan fingerprint density at radius 1 is 1.47 bits per heavy atom. The van der Waals surface area contributed by atoms with E-state index in [1.165, 1.54) is 6.07 Å². The van der Waals surface area contributed by atoms with Crippen molar-refractivity contribution >= 4 is 17.3 Å². The Balaban J connectivity index is 3.00. The van der Waals surface area contributed by atoms with E-state index >= 15 is 0 Å². The number of anilines is 2. The van der Waals surface area contributed by atoms with E-state index in [-0.39, 0.29) is 30.1 Å². The van der Waals surface area contributed by atoms with Gasteiger partial charge in [0.2, 0.25) is 5.82 Å². The van der Waals surface area contributed by atoms with Crippen LogP contribution in [0.4, 0.5) is 17.3 Å². The van der Waals surface area contributed by atoms with Crippen molar-refractivity contribution in [1.82, 2.24) is 4.98 Å². The molecule has 1 rings (SSSR count). The van der Waals surface area contributed by atoms with E-state index in [2.05, 4.69) is 15.6 Å². The summed E-state index contributed by atoms with van der Waals surface area (Å²) in [4.78, 5) is 14.7. The third-order valence-corrected chi connectivity index (χ3v) is 2.93. The van der Waals surface area contributed by atoms with Gasteiger partial charge in [0.05, 0.1) is 4.92 Å². The Hall–Kier alpha value is -1.89. The lowest BCUT2D eigenvalue weighted by atomic mass is 10.1. The highest BCUT2D eigenvalue weighted by molar-refractivity contribution is 5.60. The lowest BCUT2D eigenvalue weighted by molar-refractivity contribution is -0.384. The Morgan fingerprint density at radius 2 is 2.16 bits per heavy atom. The van der Waals surface area contributed by atoms with Crippen LogP contribution in [0, 0.1) is 16.0 Å². The topological polar surface area (TPSA) is 100 Å². The van der Waals surface area contributed by atoms with E-state index < -0.39 is 4.92 Å². The molecule has 0 amide bonds. The van der Waals surface area contributed by atoms with Gasteiger partial charge in [0.25, 0.3) is 0 Å². The SMILES string of the molecule is CCNc1ccc([N+](=O)[O-])c(NC(C)C(C)CO)n1. The molecule has 3 N–H and O–H groups in total. The summed E-state index contributed by atoms with van der Waals surface area (Å²) >= 11 is 0. The number of nitrogens with one attached hydrogen (secondary N) is 2. The number of nitrogens with zero attached hydrogens (tertiary/aromatic N) is 2. The molecule has 106 valence electrons. The number of hydrogen-bond acceptors (Lipinski definition) is 6. The number of rotatable bonds is 7. The van der Waals surface area contributed by atoms with Crippen LogP contribution in [-0.4, -0.2) is 34.2 Å². The summed E-state index contributed by atoms with van der Waals surface area (Å²) in [6, 6.07) is 2.88. The monoisotopic (exact) mass is 268 g/mol. The Labute approximate surface area is 112 Å². The minimum absolute atomic E-state index is 0.00879. The predicted octanol–water partition coefficient (Wildman–Crippen LogP) is 1.85. The molecule has 0 bridgehead atoms. The van der Waals surface area contributed by atoms with Crippen molar-refractivity contribution < 1.29 is 10.0 Å². The largest absolute Gasteiger partial charge is 0.396 e. The smallest absolute Gasteiger partial charge is 0.311 e. The minimum atomic E-state index is -0.471. The van der Waals surface area contributed by atoms with Crippen LogP contribution in [0.3, 0.4) is 0 Å². The fourth-order valence-corrected chi connectivity index (χ4v) is 1.50. The second-order valence-electron chi connectivity index (χ2n) is 4.44. The van der Waals surface area contributed by atoms with Gasteiger partial charge in [0.15, 0.2) is 0 Å². The zero-order valence-electron chi connectivity index (χ0n) is 11.4. The highest BCUT2D eigenvalue weighted by atomic mass is 16.6. The second kappa shape index (κ2) is 6.89. The van der Waals surface area contributed by atoms with Crippen molar-refractivity contribution in [2.75, 3.05) is 23.8 Å². The van der Waals surface area contributed by atoms with Gasteiger partial charge < -0.3 is 15.7 Å². The van der Waals surface area contributed by atoms with Crippen LogP contribution < -0.4 is 10.6 Å². The zero-order chi connectivity index (χ0) is 14.4. The first-order valence-electron chi connectivity index (χ1n) is 6.26. The fourth-order valence-electron chi connectivity index (χ4n) is 1.50. The van der Waals surface area contributed by atoms with Crippen LogP contribution in [0.15, 0.2) is 12.1 Å². The molecule has 0 radical (unpaired) electrons. The van der Waals surface area contributed by atoms with Gasteiger partial charge >= 0.3 is 5.69 Å². The van der Waals surface area contributed by atoms with E-state index in [0.717, 1.165) is 0 Å². The van der Waals surface area contributed by atoms with E-state index in [9.17, 15) is 10.1 Å². The van der Waals surface area contributed by atoms with Gasteiger partial charge in [-0.3, -0.25) is 10.1 Å². The summed E-state index contributed by atoms with van der Waals surface area (Å²) in [6.45, 7) is 6.33. The molecule has 0 saturated heterocycles. The zero-order valence-corrected chi connectivity index (χ0v) is 11.4. The molecule has 7 nitrogen and oxygen atoms in total. The van der Waals surface area contributed by atoms with Crippen LogP contribution in [-0.2, 0) is 0 Å². The molecule has 1 heterocycles. The lowest BCUT2D eigenvalue weighted by Crippen LogP contribution is -2.27. The van der Waals surface area contributed by atoms with Crippen molar-refractivity contribution in [2.24, 2.45) is 5.92 Å². The molecule has 0 aromatic carbocycles. The van der Waals surface area contributed by atoms with Gasteiger partial charge in [-0.2, -0.15) is 0 Å². The highest BCUT2D eigenvalue weighted by Crippen LogP contribution is 2.25. The molecule has 0 aliphatic rings. The van der Waals surface area contributed by atoms with Crippen LogP contribution in [0.5, 0.6) is 0 Å². The molecule has 0 aliphatic heterocycles. The van der Waals surface area contributed by atoms with Gasteiger partial charge in [-0.25, -0.2) is 4.98 Å². The lowest BCUT2D eigenvalue weighted by Gasteiger charge is -2.20. The maximum absolute atomic E-state index is 11.0. The molecule has 1 aromatic heterocycles. The van der Waals surface area contributed by atoms with Gasteiger partial charge in [-0.15, -0.1) is 0 Å². The summed E-state index contributed by atoms with van der Waals surface area (Å²) in [5, 5.41) is 26.1. The molecule has 0 fully saturated rings. The molecule has 0 spiro atoms. The molecular formula is C12H20N4O3. The number of aromatic nitrogens is 1. The van der Waals surface area contributed by atoms with Gasteiger partial charge in [-0.05, 0) is 25.8 Å². The molecule has 0 aliphatic carbocycles. The number of aliphatic hydroxyl groups is 1. The van der Waals surface area contributed by atoms with Gasteiger partial charge in [0, 0.05) is 25.3 Å². The summed E-state index contributed by atoms with van der Waals surface area (Å²) < 4.78 is 0. The van der Waals surface area contributed by atoms with Crippen LogP contribution in [0.25, 0.3) is 0 Å². The van der Waals surface area contributed by atoms with Crippen LogP contribution in [0.2, 0.25) is 0 Å². The average molecular weight is 268 g/mol. The Bertz CT molecular complexity index is 439. The number of nitro groups is 1. The van der Waals surface area contributed by atoms with E-state index in [1.54, 1.807) is 6.07 Å². The minimum Gasteiger partial charge on any atom is -0.396 e. The molecular weight excluding hydrogens is 248 g/mol. The van der Waals surface area contributed by atoms with Crippen LogP contribution in [0.1, 0.15) is 20.8 Å². The quantitative estimate of drug-likeness (QED) is 0.515. The number of hydrogen-bond donors (Lipinski definition) is 3. The second-order valence-corrected chi connectivity index (χ2v) is 4.44. The Kier molecular flexibility index (Phi) is 5.50. The van der Waals surface area contributed by atoms with E-state index in [1.807, 2.05) is 20.8 Å². The number of pyridine rings is 1. The van der Waals surface area contributed by atoms with Crippen molar-refractivity contribution in [2.45, 2.75) is 26.8 Å². The first-order valence-corrected chi connectivity index (χ1v) is 6.26. The summed E-state index contributed by atoms with van der Waals surface area (Å²) in [5.74, 6) is 0.778. The van der Waals surface area contributed by atoms with Gasteiger partial charge in [-0.1, -0.05) is 6.92 Å². The fraction of sp³-hybridized carbons (Fsp3) is 0.583. The maximum Gasteiger partial charge on any atom is 0.311 e. The highest BCUT2D eigenvalue weighted by Gasteiger charge is 2.20. The average Bonchev–Trinajstić information content (AvgIpc) is 2.38. The van der Waals surface area contributed by atoms with Crippen LogP contribution >= 0.6 is 0 Å². The molecule has 2 unspecified atom stereocenters. The Morgan fingerprint density at radius 3 is 2.68 bits per heavy atom. The van der Waals surface area contributed by atoms with E-state index in [4.69, 9.17) is 5.11 Å². The van der Waals surface area contributed by atoms with Crippen molar-refractivity contribution in [3.8, 4) is 0 Å². The third kappa shape index (κ3) is 4.06. The molecule has 0 saturated carbocycles. The predicted molar refractivity (Wildman–Crippen MR) is 74.4 cm³/mol. The summed E-state index contributed by atoms with van der Waals surface area (Å²) in [7, 11) is 0. The van der Waals surface area contributed by atoms with Crippen molar-refractivity contribution in [3.63, 3.8) is 0 Å².